The highest BCUT2D eigenvalue weighted by Gasteiger charge is 2.10. The minimum atomic E-state index is -0.352. The second-order valence-electron chi connectivity index (χ2n) is 5.68. The molecule has 142 valence electrons. The third-order valence-electron chi connectivity index (χ3n) is 3.88. The van der Waals surface area contributed by atoms with Crippen molar-refractivity contribution in [1.29, 1.82) is 0 Å². The summed E-state index contributed by atoms with van der Waals surface area (Å²) in [5.41, 5.74) is 4.94. The van der Waals surface area contributed by atoms with E-state index in [1.807, 2.05) is 6.07 Å². The predicted octanol–water partition coefficient (Wildman–Crippen LogP) is 3.21. The van der Waals surface area contributed by atoms with Gasteiger partial charge in [-0.05, 0) is 43.3 Å². The van der Waals surface area contributed by atoms with Gasteiger partial charge in [-0.3, -0.25) is 9.59 Å². The van der Waals surface area contributed by atoms with Crippen molar-refractivity contribution in [3.63, 3.8) is 0 Å². The lowest BCUT2D eigenvalue weighted by molar-refractivity contribution is -0.115. The van der Waals surface area contributed by atoms with E-state index in [-0.39, 0.29) is 11.8 Å². The number of hydrogen-bond donors (Lipinski definition) is 2. The first-order valence-electron chi connectivity index (χ1n) is 8.45. The number of anilines is 1. The van der Waals surface area contributed by atoms with Gasteiger partial charge in [0.05, 0.1) is 19.9 Å². The SMILES string of the molecule is CCC(=O)Nc1ccc(C(=O)N/N=C(\C)c2ccc(OC)cc2OC)cc1. The first kappa shape index (κ1) is 20.0. The highest BCUT2D eigenvalue weighted by atomic mass is 16.5. The van der Waals surface area contributed by atoms with E-state index in [9.17, 15) is 9.59 Å². The lowest BCUT2D eigenvalue weighted by Gasteiger charge is -2.10. The van der Waals surface area contributed by atoms with Crippen LogP contribution < -0.4 is 20.2 Å². The summed E-state index contributed by atoms with van der Waals surface area (Å²) in [4.78, 5) is 23.6. The monoisotopic (exact) mass is 369 g/mol. The van der Waals surface area contributed by atoms with Crippen LogP contribution in [0.1, 0.15) is 36.2 Å². The number of hydrazone groups is 1. The fraction of sp³-hybridized carbons (Fsp3) is 0.250. The van der Waals surface area contributed by atoms with Crippen LogP contribution in [0.25, 0.3) is 0 Å². The fourth-order valence-corrected chi connectivity index (χ4v) is 2.31. The Labute approximate surface area is 158 Å². The van der Waals surface area contributed by atoms with Crippen molar-refractivity contribution in [2.45, 2.75) is 20.3 Å². The first-order valence-corrected chi connectivity index (χ1v) is 8.45. The largest absolute Gasteiger partial charge is 0.497 e. The Bertz CT molecular complexity index is 845. The van der Waals surface area contributed by atoms with Gasteiger partial charge >= 0.3 is 0 Å². The molecule has 0 radical (unpaired) electrons. The van der Waals surface area contributed by atoms with Crippen LogP contribution in [0.15, 0.2) is 47.6 Å². The lowest BCUT2D eigenvalue weighted by atomic mass is 10.1. The Kier molecular flexibility index (Phi) is 6.93. The molecule has 0 aliphatic rings. The molecule has 0 unspecified atom stereocenters. The predicted molar refractivity (Wildman–Crippen MR) is 105 cm³/mol. The number of methoxy groups -OCH3 is 2. The number of rotatable bonds is 7. The highest BCUT2D eigenvalue weighted by Crippen LogP contribution is 2.25. The van der Waals surface area contributed by atoms with E-state index in [0.29, 0.717) is 34.9 Å². The summed E-state index contributed by atoms with van der Waals surface area (Å²) in [6.45, 7) is 3.54. The Balaban J connectivity index is 2.08. The molecule has 2 amide bonds. The Hall–Kier alpha value is -3.35. The molecule has 0 fully saturated rings. The standard InChI is InChI=1S/C20H23N3O4/c1-5-19(24)21-15-8-6-14(7-9-15)20(25)23-22-13(2)17-11-10-16(26-3)12-18(17)27-4/h6-12H,5H2,1-4H3,(H,21,24)(H,23,25)/b22-13+. The van der Waals surface area contributed by atoms with Crippen LogP contribution in [0, 0.1) is 0 Å². The number of hydrogen-bond acceptors (Lipinski definition) is 5. The van der Waals surface area contributed by atoms with Crippen molar-refractivity contribution in [2.24, 2.45) is 5.10 Å². The van der Waals surface area contributed by atoms with Crippen LogP contribution in [-0.4, -0.2) is 31.7 Å². The molecule has 0 saturated heterocycles. The Morgan fingerprint density at radius 2 is 1.74 bits per heavy atom. The van der Waals surface area contributed by atoms with E-state index < -0.39 is 0 Å². The number of nitrogens with zero attached hydrogens (tertiary/aromatic N) is 1. The van der Waals surface area contributed by atoms with Gasteiger partial charge in [0, 0.05) is 29.3 Å². The van der Waals surface area contributed by atoms with E-state index in [4.69, 9.17) is 9.47 Å². The van der Waals surface area contributed by atoms with Crippen LogP contribution in [-0.2, 0) is 4.79 Å². The third kappa shape index (κ3) is 5.31. The molecule has 0 atom stereocenters. The minimum absolute atomic E-state index is 0.0825. The molecule has 0 saturated carbocycles. The summed E-state index contributed by atoms with van der Waals surface area (Å²) in [5, 5.41) is 6.87. The quantitative estimate of drug-likeness (QED) is 0.579. The molecule has 0 aromatic heterocycles. The van der Waals surface area contributed by atoms with Gasteiger partial charge in [0.1, 0.15) is 11.5 Å². The smallest absolute Gasteiger partial charge is 0.271 e. The molecule has 0 bridgehead atoms. The summed E-state index contributed by atoms with van der Waals surface area (Å²) >= 11 is 0. The minimum Gasteiger partial charge on any atom is -0.497 e. The maximum absolute atomic E-state index is 12.3. The van der Waals surface area contributed by atoms with Gasteiger partial charge in [0.15, 0.2) is 0 Å². The average molecular weight is 369 g/mol. The van der Waals surface area contributed by atoms with Crippen molar-refractivity contribution in [1.82, 2.24) is 5.43 Å². The van der Waals surface area contributed by atoms with Gasteiger partial charge in [-0.2, -0.15) is 5.10 Å². The molecule has 2 N–H and O–H groups in total. The zero-order valence-corrected chi connectivity index (χ0v) is 15.8. The molecule has 7 heteroatoms. The summed E-state index contributed by atoms with van der Waals surface area (Å²) in [6.07, 6.45) is 0.394. The summed E-state index contributed by atoms with van der Waals surface area (Å²) in [5.74, 6) is 0.833. The van der Waals surface area contributed by atoms with Crippen molar-refractivity contribution in [2.75, 3.05) is 19.5 Å². The van der Waals surface area contributed by atoms with Crippen molar-refractivity contribution in [3.05, 3.63) is 53.6 Å². The molecule has 0 spiro atoms. The van der Waals surface area contributed by atoms with Gasteiger partial charge in [0.25, 0.3) is 5.91 Å². The molecule has 2 rings (SSSR count). The summed E-state index contributed by atoms with van der Waals surface area (Å²) in [7, 11) is 3.14. The topological polar surface area (TPSA) is 89.0 Å². The van der Waals surface area contributed by atoms with E-state index in [2.05, 4.69) is 15.8 Å². The van der Waals surface area contributed by atoms with Crippen molar-refractivity contribution >= 4 is 23.2 Å². The highest BCUT2D eigenvalue weighted by molar-refractivity contribution is 6.03. The molecule has 27 heavy (non-hydrogen) atoms. The molecular formula is C20H23N3O4. The maximum atomic E-state index is 12.3. The van der Waals surface area contributed by atoms with Crippen LogP contribution in [0.5, 0.6) is 11.5 Å². The molecule has 0 aliphatic heterocycles. The van der Waals surface area contributed by atoms with Gasteiger partial charge in [-0.25, -0.2) is 5.43 Å². The normalized spacial score (nSPS) is 10.9. The number of ether oxygens (including phenoxy) is 2. The van der Waals surface area contributed by atoms with E-state index >= 15 is 0 Å². The third-order valence-corrected chi connectivity index (χ3v) is 3.88. The first-order chi connectivity index (χ1) is 13.0. The molecular weight excluding hydrogens is 346 g/mol. The van der Waals surface area contributed by atoms with Crippen LogP contribution in [0.3, 0.4) is 0 Å². The number of carbonyl (C=O) groups is 2. The van der Waals surface area contributed by atoms with Gasteiger partial charge < -0.3 is 14.8 Å². The van der Waals surface area contributed by atoms with E-state index in [0.717, 1.165) is 5.56 Å². The van der Waals surface area contributed by atoms with Crippen LogP contribution in [0.2, 0.25) is 0 Å². The van der Waals surface area contributed by atoms with Crippen molar-refractivity contribution < 1.29 is 19.1 Å². The second kappa shape index (κ2) is 9.38. The Morgan fingerprint density at radius 3 is 2.33 bits per heavy atom. The number of nitrogens with one attached hydrogen (secondary N) is 2. The summed E-state index contributed by atoms with van der Waals surface area (Å²) < 4.78 is 10.5. The van der Waals surface area contributed by atoms with Crippen molar-refractivity contribution in [3.8, 4) is 11.5 Å². The second-order valence-corrected chi connectivity index (χ2v) is 5.68. The zero-order valence-electron chi connectivity index (χ0n) is 15.8. The van der Waals surface area contributed by atoms with E-state index in [1.165, 1.54) is 0 Å². The summed E-state index contributed by atoms with van der Waals surface area (Å²) in [6, 6.07) is 11.9. The molecule has 7 nitrogen and oxygen atoms in total. The lowest BCUT2D eigenvalue weighted by Crippen LogP contribution is -2.19. The maximum Gasteiger partial charge on any atom is 0.271 e. The van der Waals surface area contributed by atoms with Crippen LogP contribution >= 0.6 is 0 Å². The molecule has 0 aliphatic carbocycles. The fourth-order valence-electron chi connectivity index (χ4n) is 2.31. The average Bonchev–Trinajstić information content (AvgIpc) is 2.71. The van der Waals surface area contributed by atoms with Gasteiger partial charge in [-0.1, -0.05) is 6.92 Å². The number of carbonyl (C=O) groups excluding carboxylic acids is 2. The van der Waals surface area contributed by atoms with Crippen LogP contribution in [0.4, 0.5) is 5.69 Å². The number of benzene rings is 2. The van der Waals surface area contributed by atoms with Gasteiger partial charge in [0.2, 0.25) is 5.91 Å². The Morgan fingerprint density at radius 1 is 1.04 bits per heavy atom. The number of amides is 2. The molecule has 2 aromatic rings. The molecule has 2 aromatic carbocycles. The van der Waals surface area contributed by atoms with Gasteiger partial charge in [-0.15, -0.1) is 0 Å². The zero-order chi connectivity index (χ0) is 19.8. The molecule has 0 heterocycles. The van der Waals surface area contributed by atoms with E-state index in [1.54, 1.807) is 64.5 Å².